The van der Waals surface area contributed by atoms with E-state index in [1.807, 2.05) is 0 Å². The molecule has 3 aromatic rings. The molecule has 9 nitrogen and oxygen atoms in total. The second-order valence-corrected chi connectivity index (χ2v) is 9.53. The van der Waals surface area contributed by atoms with Gasteiger partial charge in [0.25, 0.3) is 11.8 Å². The topological polar surface area (TPSA) is 111 Å². The smallest absolute Gasteiger partial charge is 0.337 e. The van der Waals surface area contributed by atoms with Gasteiger partial charge in [-0.15, -0.1) is 0 Å². The number of anilines is 1. The number of nitrogens with one attached hydrogen (secondary N) is 1. The Morgan fingerprint density at radius 1 is 0.950 bits per heavy atom. The molecule has 0 radical (unpaired) electrons. The van der Waals surface area contributed by atoms with Crippen LogP contribution in [0, 0.1) is 0 Å². The molecule has 0 atom stereocenters. The van der Waals surface area contributed by atoms with Crippen molar-refractivity contribution in [3.63, 3.8) is 0 Å². The maximum absolute atomic E-state index is 13.3. The summed E-state index contributed by atoms with van der Waals surface area (Å²) in [4.78, 5) is 51.0. The highest BCUT2D eigenvalue weighted by Gasteiger charge is 2.37. The minimum absolute atomic E-state index is 0.0724. The van der Waals surface area contributed by atoms with Gasteiger partial charge in [-0.25, -0.2) is 14.5 Å². The summed E-state index contributed by atoms with van der Waals surface area (Å²) in [7, 11) is 1.23. The summed E-state index contributed by atoms with van der Waals surface area (Å²) in [5.74, 6) is -1.83. The highest BCUT2D eigenvalue weighted by Crippen LogP contribution is 2.38. The molecule has 4 amide bonds. The molecule has 1 aliphatic heterocycles. The number of amides is 4. The molecule has 0 bridgehead atoms. The lowest BCUT2D eigenvalue weighted by atomic mass is 10.1. The third-order valence-corrected chi connectivity index (χ3v) is 6.55. The maximum atomic E-state index is 13.3. The van der Waals surface area contributed by atoms with Crippen LogP contribution in [0.15, 0.2) is 60.2 Å². The molecular formula is C28H21Cl3N2O7. The van der Waals surface area contributed by atoms with Crippen LogP contribution in [-0.4, -0.2) is 37.5 Å². The SMILES string of the molecule is CCOc1cc(/C=C2\C(=O)NC(=O)N(c3ccc(C(=O)OC)cc3)C2=O)cc(Cl)c1OCc1ccc(Cl)cc1Cl. The molecule has 1 fully saturated rings. The first-order chi connectivity index (χ1) is 19.1. The van der Waals surface area contributed by atoms with E-state index in [9.17, 15) is 19.2 Å². The van der Waals surface area contributed by atoms with Crippen molar-refractivity contribution in [2.24, 2.45) is 0 Å². The molecule has 3 aromatic carbocycles. The summed E-state index contributed by atoms with van der Waals surface area (Å²) in [6, 6.07) is 12.7. The Kier molecular flexibility index (Phi) is 8.99. The fourth-order valence-electron chi connectivity index (χ4n) is 3.79. The molecule has 0 aliphatic carbocycles. The summed E-state index contributed by atoms with van der Waals surface area (Å²) < 4.78 is 16.3. The predicted octanol–water partition coefficient (Wildman–Crippen LogP) is 6.08. The first-order valence-electron chi connectivity index (χ1n) is 11.8. The predicted molar refractivity (Wildman–Crippen MR) is 150 cm³/mol. The van der Waals surface area contributed by atoms with E-state index in [4.69, 9.17) is 44.3 Å². The van der Waals surface area contributed by atoms with Gasteiger partial charge in [-0.3, -0.25) is 14.9 Å². The Labute approximate surface area is 244 Å². The standard InChI is InChI=1S/C28H21Cl3N2O7/c1-3-39-23-12-15(11-22(31)24(23)40-14-17-4-7-18(29)13-21(17)30)10-20-25(34)32-28(37)33(26(20)35)19-8-5-16(6-9-19)27(36)38-2/h4-13H,3,14H2,1-2H3,(H,32,34,37)/b20-10+. The molecule has 0 aromatic heterocycles. The summed E-state index contributed by atoms with van der Waals surface area (Å²) in [5.41, 5.74) is 1.06. The van der Waals surface area contributed by atoms with Crippen LogP contribution >= 0.6 is 34.8 Å². The lowest BCUT2D eigenvalue weighted by Gasteiger charge is -2.26. The van der Waals surface area contributed by atoms with E-state index in [1.165, 1.54) is 43.5 Å². The van der Waals surface area contributed by atoms with Crippen molar-refractivity contribution in [3.8, 4) is 11.5 Å². The summed E-state index contributed by atoms with van der Waals surface area (Å²) in [5, 5.41) is 3.20. The molecule has 206 valence electrons. The van der Waals surface area contributed by atoms with Crippen molar-refractivity contribution in [1.29, 1.82) is 0 Å². The number of carbonyl (C=O) groups excluding carboxylic acids is 4. The second kappa shape index (κ2) is 12.4. The number of rotatable bonds is 8. The van der Waals surface area contributed by atoms with E-state index in [2.05, 4.69) is 10.1 Å². The monoisotopic (exact) mass is 602 g/mol. The molecule has 0 unspecified atom stereocenters. The number of hydrogen-bond donors (Lipinski definition) is 1. The van der Waals surface area contributed by atoms with Crippen LogP contribution in [0.5, 0.6) is 11.5 Å². The van der Waals surface area contributed by atoms with Gasteiger partial charge in [0.15, 0.2) is 11.5 Å². The Morgan fingerprint density at radius 2 is 1.68 bits per heavy atom. The molecular weight excluding hydrogens is 583 g/mol. The molecule has 1 saturated heterocycles. The van der Waals surface area contributed by atoms with Gasteiger partial charge in [-0.05, 0) is 67.1 Å². The lowest BCUT2D eigenvalue weighted by Crippen LogP contribution is -2.54. The van der Waals surface area contributed by atoms with Crippen LogP contribution in [0.4, 0.5) is 10.5 Å². The number of benzene rings is 3. The number of esters is 1. The summed E-state index contributed by atoms with van der Waals surface area (Å²) >= 11 is 18.7. The van der Waals surface area contributed by atoms with Crippen molar-refractivity contribution in [3.05, 3.63) is 91.9 Å². The fourth-order valence-corrected chi connectivity index (χ4v) is 4.52. The Hall–Kier alpha value is -4.05. The average molecular weight is 604 g/mol. The summed E-state index contributed by atoms with van der Waals surface area (Å²) in [6.45, 7) is 2.12. The number of hydrogen-bond acceptors (Lipinski definition) is 7. The van der Waals surface area contributed by atoms with Crippen LogP contribution in [0.25, 0.3) is 6.08 Å². The molecule has 12 heteroatoms. The minimum Gasteiger partial charge on any atom is -0.490 e. The maximum Gasteiger partial charge on any atom is 0.337 e. The van der Waals surface area contributed by atoms with Gasteiger partial charge in [0.2, 0.25) is 0 Å². The van der Waals surface area contributed by atoms with E-state index >= 15 is 0 Å². The van der Waals surface area contributed by atoms with Crippen molar-refractivity contribution < 1.29 is 33.4 Å². The minimum atomic E-state index is -0.935. The third kappa shape index (κ3) is 6.22. The van der Waals surface area contributed by atoms with Crippen LogP contribution in [0.3, 0.4) is 0 Å². The highest BCUT2D eigenvalue weighted by molar-refractivity contribution is 6.39. The Bertz CT molecular complexity index is 1540. The highest BCUT2D eigenvalue weighted by atomic mass is 35.5. The first-order valence-corrected chi connectivity index (χ1v) is 12.9. The van der Waals surface area contributed by atoms with Crippen molar-refractivity contribution in [2.45, 2.75) is 13.5 Å². The van der Waals surface area contributed by atoms with Crippen molar-refractivity contribution in [1.82, 2.24) is 5.32 Å². The molecule has 1 N–H and O–H groups in total. The van der Waals surface area contributed by atoms with Crippen LogP contribution < -0.4 is 19.7 Å². The third-order valence-electron chi connectivity index (χ3n) is 5.68. The second-order valence-electron chi connectivity index (χ2n) is 8.28. The Balaban J connectivity index is 1.64. The van der Waals surface area contributed by atoms with E-state index in [-0.39, 0.29) is 46.6 Å². The number of methoxy groups -OCH3 is 1. The fraction of sp³-hybridized carbons (Fsp3) is 0.143. The zero-order chi connectivity index (χ0) is 29.0. The number of carbonyl (C=O) groups is 4. The number of imide groups is 2. The number of urea groups is 1. The quantitative estimate of drug-likeness (QED) is 0.189. The normalized spacial score (nSPS) is 14.3. The molecule has 1 aliphatic rings. The molecule has 4 rings (SSSR count). The molecule has 0 saturated carbocycles. The first kappa shape index (κ1) is 28.9. The number of halogens is 3. The van der Waals surface area contributed by atoms with Gasteiger partial charge in [0.1, 0.15) is 12.2 Å². The Morgan fingerprint density at radius 3 is 2.33 bits per heavy atom. The number of barbiturate groups is 1. The summed E-state index contributed by atoms with van der Waals surface area (Å²) in [6.07, 6.45) is 1.29. The van der Waals surface area contributed by atoms with Gasteiger partial charge in [-0.1, -0.05) is 40.9 Å². The van der Waals surface area contributed by atoms with Crippen molar-refractivity contribution in [2.75, 3.05) is 18.6 Å². The zero-order valence-electron chi connectivity index (χ0n) is 21.1. The average Bonchev–Trinajstić information content (AvgIpc) is 2.91. The van der Waals surface area contributed by atoms with Gasteiger partial charge in [0.05, 0.1) is 30.0 Å². The van der Waals surface area contributed by atoms with E-state index < -0.39 is 23.8 Å². The largest absolute Gasteiger partial charge is 0.490 e. The number of nitrogens with zero attached hydrogens (tertiary/aromatic N) is 1. The molecule has 0 spiro atoms. The van der Waals surface area contributed by atoms with Gasteiger partial charge < -0.3 is 14.2 Å². The van der Waals surface area contributed by atoms with Gasteiger partial charge in [0, 0.05) is 15.6 Å². The van der Waals surface area contributed by atoms with E-state index in [0.717, 1.165) is 4.90 Å². The number of ether oxygens (including phenoxy) is 3. The van der Waals surface area contributed by atoms with Crippen LogP contribution in [0.2, 0.25) is 15.1 Å². The van der Waals surface area contributed by atoms with Crippen molar-refractivity contribution >= 4 is 70.4 Å². The van der Waals surface area contributed by atoms with Crippen LogP contribution in [0.1, 0.15) is 28.4 Å². The van der Waals surface area contributed by atoms with Gasteiger partial charge >= 0.3 is 12.0 Å². The molecule has 1 heterocycles. The van der Waals surface area contributed by atoms with Crippen LogP contribution in [-0.2, 0) is 20.9 Å². The van der Waals surface area contributed by atoms with Gasteiger partial charge in [-0.2, -0.15) is 0 Å². The lowest BCUT2D eigenvalue weighted by molar-refractivity contribution is -0.122. The molecule has 40 heavy (non-hydrogen) atoms. The van der Waals surface area contributed by atoms with E-state index in [1.54, 1.807) is 31.2 Å². The zero-order valence-corrected chi connectivity index (χ0v) is 23.4. The van der Waals surface area contributed by atoms with E-state index in [0.29, 0.717) is 21.2 Å².